The number of pyridine rings is 1. The van der Waals surface area contributed by atoms with Crippen LogP contribution in [0.3, 0.4) is 0 Å². The van der Waals surface area contributed by atoms with Crippen molar-refractivity contribution in [1.82, 2.24) is 15.0 Å². The lowest BCUT2D eigenvalue weighted by Gasteiger charge is -2.12. The number of aromatic nitrogens is 3. The van der Waals surface area contributed by atoms with Gasteiger partial charge < -0.3 is 10.1 Å². The van der Waals surface area contributed by atoms with Crippen LogP contribution in [0.1, 0.15) is 36.9 Å². The van der Waals surface area contributed by atoms with E-state index in [2.05, 4.69) is 20.3 Å². The average Bonchev–Trinajstić information content (AvgIpc) is 3.07. The first-order valence-electron chi connectivity index (χ1n) is 7.42. The summed E-state index contributed by atoms with van der Waals surface area (Å²) in [6.45, 7) is 0.532. The van der Waals surface area contributed by atoms with E-state index in [1.807, 2.05) is 18.2 Å². The summed E-state index contributed by atoms with van der Waals surface area (Å²) in [6, 6.07) is 5.86. The third kappa shape index (κ3) is 3.50. The summed E-state index contributed by atoms with van der Waals surface area (Å²) in [6.07, 6.45) is 9.87. The highest BCUT2D eigenvalue weighted by molar-refractivity contribution is 5.47. The van der Waals surface area contributed by atoms with Crippen LogP contribution in [0.25, 0.3) is 0 Å². The van der Waals surface area contributed by atoms with Crippen molar-refractivity contribution in [3.63, 3.8) is 0 Å². The lowest BCUT2D eigenvalue weighted by Crippen LogP contribution is -2.12. The lowest BCUT2D eigenvalue weighted by atomic mass is 10.2. The molecule has 0 aliphatic heterocycles. The van der Waals surface area contributed by atoms with Crippen LogP contribution < -0.4 is 10.1 Å². The summed E-state index contributed by atoms with van der Waals surface area (Å²) in [5.41, 5.74) is 1.28. The molecule has 0 unspecified atom stereocenters. The topological polar surface area (TPSA) is 83.7 Å². The maximum atomic E-state index is 8.97. The van der Waals surface area contributed by atoms with Crippen molar-refractivity contribution in [2.45, 2.75) is 38.3 Å². The zero-order valence-corrected chi connectivity index (χ0v) is 12.2. The number of hydrogen-bond acceptors (Lipinski definition) is 6. The number of hydrogen-bond donors (Lipinski definition) is 1. The molecule has 1 aliphatic rings. The predicted octanol–water partition coefficient (Wildman–Crippen LogP) is 2.68. The molecule has 6 nitrogen and oxygen atoms in total. The third-order valence-electron chi connectivity index (χ3n) is 3.65. The molecule has 0 spiro atoms. The number of nitrogens with zero attached hydrogens (tertiary/aromatic N) is 4. The Morgan fingerprint density at radius 2 is 2.00 bits per heavy atom. The molecule has 0 bridgehead atoms. The van der Waals surface area contributed by atoms with Crippen LogP contribution in [0.4, 0.5) is 5.82 Å². The van der Waals surface area contributed by atoms with E-state index in [1.165, 1.54) is 19.0 Å². The fourth-order valence-corrected chi connectivity index (χ4v) is 2.50. The second kappa shape index (κ2) is 6.85. The van der Waals surface area contributed by atoms with E-state index >= 15 is 0 Å². The van der Waals surface area contributed by atoms with Gasteiger partial charge in [-0.25, -0.2) is 15.0 Å². The second-order valence-electron chi connectivity index (χ2n) is 5.25. The minimum absolute atomic E-state index is 0.289. The highest BCUT2D eigenvalue weighted by Crippen LogP contribution is 2.23. The maximum Gasteiger partial charge on any atom is 0.213 e. The SMILES string of the molecule is N#Cc1nccnc1NCc1ccc(OC2CCCC2)nc1. The highest BCUT2D eigenvalue weighted by Gasteiger charge is 2.16. The molecule has 0 saturated heterocycles. The molecule has 1 fully saturated rings. The summed E-state index contributed by atoms with van der Waals surface area (Å²) < 4.78 is 5.83. The van der Waals surface area contributed by atoms with Crippen LogP contribution in [-0.4, -0.2) is 21.1 Å². The first-order valence-corrected chi connectivity index (χ1v) is 7.42. The lowest BCUT2D eigenvalue weighted by molar-refractivity contribution is 0.201. The minimum atomic E-state index is 0.289. The van der Waals surface area contributed by atoms with Crippen molar-refractivity contribution in [3.8, 4) is 11.9 Å². The smallest absolute Gasteiger partial charge is 0.213 e. The van der Waals surface area contributed by atoms with Gasteiger partial charge in [0.2, 0.25) is 5.88 Å². The molecule has 3 rings (SSSR count). The van der Waals surface area contributed by atoms with E-state index in [9.17, 15) is 0 Å². The Morgan fingerprint density at radius 1 is 1.18 bits per heavy atom. The normalized spacial score (nSPS) is 14.5. The van der Waals surface area contributed by atoms with Crippen molar-refractivity contribution in [1.29, 1.82) is 5.26 Å². The molecule has 1 aliphatic carbocycles. The zero-order valence-electron chi connectivity index (χ0n) is 12.2. The molecule has 1 saturated carbocycles. The Morgan fingerprint density at radius 3 is 2.73 bits per heavy atom. The van der Waals surface area contributed by atoms with Crippen LogP contribution in [0.5, 0.6) is 5.88 Å². The molecule has 0 radical (unpaired) electrons. The van der Waals surface area contributed by atoms with Crippen molar-refractivity contribution < 1.29 is 4.74 Å². The summed E-state index contributed by atoms with van der Waals surface area (Å²) in [5.74, 6) is 1.16. The monoisotopic (exact) mass is 295 g/mol. The number of nitriles is 1. The van der Waals surface area contributed by atoms with E-state index in [4.69, 9.17) is 10.00 Å². The van der Waals surface area contributed by atoms with Gasteiger partial charge in [0, 0.05) is 31.2 Å². The van der Waals surface area contributed by atoms with Gasteiger partial charge in [0.05, 0.1) is 0 Å². The standard InChI is InChI=1S/C16H17N5O/c17-9-14-16(19-8-7-18-14)21-11-12-5-6-15(20-10-12)22-13-3-1-2-4-13/h5-8,10,13H,1-4,11H2,(H,19,21). The Bertz CT molecular complexity index is 659. The molecule has 0 atom stereocenters. The van der Waals surface area contributed by atoms with Crippen molar-refractivity contribution >= 4 is 5.82 Å². The van der Waals surface area contributed by atoms with E-state index in [0.29, 0.717) is 24.3 Å². The van der Waals surface area contributed by atoms with E-state index in [-0.39, 0.29) is 5.69 Å². The fourth-order valence-electron chi connectivity index (χ4n) is 2.50. The number of nitrogens with one attached hydrogen (secondary N) is 1. The number of anilines is 1. The first kappa shape index (κ1) is 14.3. The zero-order chi connectivity index (χ0) is 15.2. The minimum Gasteiger partial charge on any atom is -0.474 e. The largest absolute Gasteiger partial charge is 0.474 e. The second-order valence-corrected chi connectivity index (χ2v) is 5.25. The summed E-state index contributed by atoms with van der Waals surface area (Å²) in [4.78, 5) is 12.4. The summed E-state index contributed by atoms with van der Waals surface area (Å²) >= 11 is 0. The molecule has 1 N–H and O–H groups in total. The first-order chi connectivity index (χ1) is 10.8. The molecule has 0 amide bonds. The van der Waals surface area contributed by atoms with Crippen LogP contribution in [-0.2, 0) is 6.54 Å². The molecule has 22 heavy (non-hydrogen) atoms. The van der Waals surface area contributed by atoms with Gasteiger partial charge in [0.25, 0.3) is 0 Å². The van der Waals surface area contributed by atoms with Gasteiger partial charge in [-0.05, 0) is 31.2 Å². The van der Waals surface area contributed by atoms with Crippen LogP contribution >= 0.6 is 0 Å². The van der Waals surface area contributed by atoms with Gasteiger partial charge in [-0.3, -0.25) is 0 Å². The van der Waals surface area contributed by atoms with Crippen molar-refractivity contribution in [2.24, 2.45) is 0 Å². The van der Waals surface area contributed by atoms with Gasteiger partial charge >= 0.3 is 0 Å². The third-order valence-corrected chi connectivity index (χ3v) is 3.65. The molecular formula is C16H17N5O. The predicted molar refractivity (Wildman–Crippen MR) is 81.2 cm³/mol. The van der Waals surface area contributed by atoms with Crippen LogP contribution in [0.15, 0.2) is 30.7 Å². The Hall–Kier alpha value is -2.68. The highest BCUT2D eigenvalue weighted by atomic mass is 16.5. The van der Waals surface area contributed by atoms with Crippen LogP contribution in [0.2, 0.25) is 0 Å². The van der Waals surface area contributed by atoms with E-state index < -0.39 is 0 Å². The van der Waals surface area contributed by atoms with Gasteiger partial charge in [-0.2, -0.15) is 5.26 Å². The quantitative estimate of drug-likeness (QED) is 0.913. The molecule has 6 heteroatoms. The summed E-state index contributed by atoms with van der Waals surface area (Å²) in [7, 11) is 0. The molecule has 2 heterocycles. The van der Waals surface area contributed by atoms with Crippen molar-refractivity contribution in [3.05, 3.63) is 42.0 Å². The van der Waals surface area contributed by atoms with Crippen molar-refractivity contribution in [2.75, 3.05) is 5.32 Å². The Balaban J connectivity index is 1.58. The number of rotatable bonds is 5. The molecule has 112 valence electrons. The average molecular weight is 295 g/mol. The van der Waals surface area contributed by atoms with Gasteiger partial charge in [-0.15, -0.1) is 0 Å². The summed E-state index contributed by atoms with van der Waals surface area (Å²) in [5, 5.41) is 12.1. The molecule has 0 aromatic carbocycles. The maximum absolute atomic E-state index is 8.97. The van der Waals surface area contributed by atoms with Gasteiger partial charge in [0.1, 0.15) is 12.2 Å². The van der Waals surface area contributed by atoms with Gasteiger partial charge in [0.15, 0.2) is 11.5 Å². The molecule has 2 aromatic rings. The van der Waals surface area contributed by atoms with E-state index in [0.717, 1.165) is 18.4 Å². The molecular weight excluding hydrogens is 278 g/mol. The Kier molecular flexibility index (Phi) is 4.44. The van der Waals surface area contributed by atoms with Gasteiger partial charge in [-0.1, -0.05) is 6.07 Å². The molecule has 2 aromatic heterocycles. The fraction of sp³-hybridized carbons (Fsp3) is 0.375. The van der Waals surface area contributed by atoms with E-state index in [1.54, 1.807) is 12.4 Å². The number of ether oxygens (including phenoxy) is 1. The Labute approximate surface area is 129 Å². The van der Waals surface area contributed by atoms with Crippen LogP contribution in [0, 0.1) is 11.3 Å².